The lowest BCUT2D eigenvalue weighted by molar-refractivity contribution is 0.163. The van der Waals surface area contributed by atoms with E-state index in [0.717, 1.165) is 0 Å². The predicted molar refractivity (Wildman–Crippen MR) is 81.2 cm³/mol. The number of rotatable bonds is 6. The van der Waals surface area contributed by atoms with Gasteiger partial charge in [0.15, 0.2) is 0 Å². The topological polar surface area (TPSA) is 99.0 Å². The zero-order chi connectivity index (χ0) is 16.3. The third-order valence-electron chi connectivity index (χ3n) is 2.90. The second-order valence-corrected chi connectivity index (χ2v) is 7.11. The summed E-state index contributed by atoms with van der Waals surface area (Å²) in [6.07, 6.45) is -0.208. The summed E-state index contributed by atoms with van der Waals surface area (Å²) in [6.45, 7) is 8.16. The van der Waals surface area contributed by atoms with E-state index in [1.54, 1.807) is 12.1 Å². The summed E-state index contributed by atoms with van der Waals surface area (Å²) in [5.41, 5.74) is 1.10. The molecule has 21 heavy (non-hydrogen) atoms. The van der Waals surface area contributed by atoms with Gasteiger partial charge in [-0.05, 0) is 44.4 Å². The number of β-amino-alcohol motifs (C(OH)–C–C–N with tert-alkyl or cyclic N) is 1. The van der Waals surface area contributed by atoms with Gasteiger partial charge in [-0.2, -0.15) is 0 Å². The Balaban J connectivity index is 2.94. The van der Waals surface area contributed by atoms with Crippen LogP contribution in [0, 0.1) is 0 Å². The van der Waals surface area contributed by atoms with Crippen molar-refractivity contribution in [1.82, 2.24) is 5.32 Å². The highest BCUT2D eigenvalue weighted by atomic mass is 31.2. The molecule has 6 nitrogen and oxygen atoms in total. The summed E-state index contributed by atoms with van der Waals surface area (Å²) in [5.74, 6) is 0.109. The average molecular weight is 317 g/mol. The molecule has 4 N–H and O–H groups in total. The highest BCUT2D eigenvalue weighted by molar-refractivity contribution is 7.46. The Morgan fingerprint density at radius 2 is 1.95 bits per heavy atom. The number of phosphoric ester groups is 1. The van der Waals surface area contributed by atoms with Gasteiger partial charge in [-0.1, -0.05) is 19.1 Å². The van der Waals surface area contributed by atoms with Crippen molar-refractivity contribution in [2.75, 3.05) is 6.54 Å². The molecule has 1 aromatic carbocycles. The minimum atomic E-state index is -4.62. The summed E-state index contributed by atoms with van der Waals surface area (Å²) in [7, 11) is -4.62. The minimum Gasteiger partial charge on any atom is -0.404 e. The molecule has 0 aromatic heterocycles. The summed E-state index contributed by atoms with van der Waals surface area (Å²) in [5, 5.41) is 13.3. The molecule has 0 aliphatic carbocycles. The smallest absolute Gasteiger partial charge is 0.404 e. The van der Waals surface area contributed by atoms with E-state index in [4.69, 9.17) is 14.3 Å². The van der Waals surface area contributed by atoms with E-state index in [9.17, 15) is 9.67 Å². The molecule has 0 saturated heterocycles. The van der Waals surface area contributed by atoms with Gasteiger partial charge < -0.3 is 14.9 Å². The Morgan fingerprint density at radius 3 is 2.43 bits per heavy atom. The Kier molecular flexibility index (Phi) is 5.96. The molecule has 1 unspecified atom stereocenters. The largest absolute Gasteiger partial charge is 0.524 e. The fourth-order valence-corrected chi connectivity index (χ4v) is 2.23. The summed E-state index contributed by atoms with van der Waals surface area (Å²) >= 11 is 0. The van der Waals surface area contributed by atoms with Crippen LogP contribution in [0.5, 0.6) is 5.75 Å². The molecule has 1 aromatic rings. The first-order valence-electron chi connectivity index (χ1n) is 6.83. The summed E-state index contributed by atoms with van der Waals surface area (Å²) in [4.78, 5) is 17.9. The molecule has 0 aliphatic heterocycles. The highest BCUT2D eigenvalue weighted by Crippen LogP contribution is 2.40. The second kappa shape index (κ2) is 6.90. The van der Waals surface area contributed by atoms with Gasteiger partial charge in [0.25, 0.3) is 0 Å². The van der Waals surface area contributed by atoms with Crippen LogP contribution in [0.2, 0.25) is 0 Å². The van der Waals surface area contributed by atoms with Crippen LogP contribution in [0.1, 0.15) is 44.9 Å². The standard InChI is InChI=1S/C14H24NO5P/c1-5-10-6-7-11(8-13(10)20-21(17,18)19)12(16)9-15-14(2,3)4/h6-8,12,15-16H,5,9H2,1-4H3,(H2,17,18,19). The second-order valence-electron chi connectivity index (χ2n) is 5.95. The van der Waals surface area contributed by atoms with Crippen molar-refractivity contribution < 1.29 is 24.0 Å². The molecule has 120 valence electrons. The van der Waals surface area contributed by atoms with Crippen molar-refractivity contribution in [3.8, 4) is 5.75 Å². The molecule has 7 heteroatoms. The van der Waals surface area contributed by atoms with Crippen molar-refractivity contribution in [3.63, 3.8) is 0 Å². The van der Waals surface area contributed by atoms with Crippen molar-refractivity contribution in [2.45, 2.75) is 45.8 Å². The van der Waals surface area contributed by atoms with Crippen LogP contribution in [-0.2, 0) is 11.0 Å². The SMILES string of the molecule is CCc1ccc(C(O)CNC(C)(C)C)cc1OP(=O)(O)O. The van der Waals surface area contributed by atoms with E-state index in [-0.39, 0.29) is 11.3 Å². The van der Waals surface area contributed by atoms with Gasteiger partial charge in [-0.3, -0.25) is 9.79 Å². The molecule has 1 rings (SSSR count). The van der Waals surface area contributed by atoms with E-state index >= 15 is 0 Å². The fourth-order valence-electron chi connectivity index (χ4n) is 1.80. The van der Waals surface area contributed by atoms with Gasteiger partial charge in [0.1, 0.15) is 5.75 Å². The molecular formula is C14H24NO5P. The minimum absolute atomic E-state index is 0.109. The molecule has 1 atom stereocenters. The van der Waals surface area contributed by atoms with E-state index in [0.29, 0.717) is 24.1 Å². The van der Waals surface area contributed by atoms with E-state index < -0.39 is 13.9 Å². The van der Waals surface area contributed by atoms with Crippen molar-refractivity contribution in [1.29, 1.82) is 0 Å². The van der Waals surface area contributed by atoms with Crippen LogP contribution in [-0.4, -0.2) is 27.0 Å². The van der Waals surface area contributed by atoms with Gasteiger partial charge in [0, 0.05) is 12.1 Å². The van der Waals surface area contributed by atoms with Crippen molar-refractivity contribution in [2.24, 2.45) is 0 Å². The number of hydrogen-bond donors (Lipinski definition) is 4. The van der Waals surface area contributed by atoms with Gasteiger partial charge in [-0.15, -0.1) is 0 Å². The van der Waals surface area contributed by atoms with E-state index in [1.165, 1.54) is 6.07 Å². The zero-order valence-electron chi connectivity index (χ0n) is 12.8. The van der Waals surface area contributed by atoms with Crippen LogP contribution < -0.4 is 9.84 Å². The lowest BCUT2D eigenvalue weighted by atomic mass is 10.0. The number of aliphatic hydroxyl groups is 1. The number of aryl methyl sites for hydroxylation is 1. The molecular weight excluding hydrogens is 293 g/mol. The van der Waals surface area contributed by atoms with Crippen LogP contribution in [0.3, 0.4) is 0 Å². The molecule has 0 bridgehead atoms. The van der Waals surface area contributed by atoms with Gasteiger partial charge >= 0.3 is 7.82 Å². The predicted octanol–water partition coefficient (Wildman–Crippen LogP) is 2.14. The molecule has 0 radical (unpaired) electrons. The summed E-state index contributed by atoms with van der Waals surface area (Å²) < 4.78 is 15.7. The van der Waals surface area contributed by atoms with Crippen LogP contribution >= 0.6 is 7.82 Å². The first kappa shape index (κ1) is 18.1. The summed E-state index contributed by atoms with van der Waals surface area (Å²) in [6, 6.07) is 4.92. The quantitative estimate of drug-likeness (QED) is 0.600. The lowest BCUT2D eigenvalue weighted by Gasteiger charge is -2.23. The Hall–Kier alpha value is -0.910. The molecule has 0 fully saturated rings. The van der Waals surface area contributed by atoms with Crippen molar-refractivity contribution in [3.05, 3.63) is 29.3 Å². The maximum absolute atomic E-state index is 11.0. The van der Waals surface area contributed by atoms with Gasteiger partial charge in [0.05, 0.1) is 6.10 Å². The molecule has 0 saturated carbocycles. The van der Waals surface area contributed by atoms with E-state index in [1.807, 2.05) is 27.7 Å². The Labute approximate surface area is 125 Å². The van der Waals surface area contributed by atoms with Crippen LogP contribution in [0.4, 0.5) is 0 Å². The highest BCUT2D eigenvalue weighted by Gasteiger charge is 2.20. The Morgan fingerprint density at radius 1 is 1.33 bits per heavy atom. The number of aliphatic hydroxyl groups excluding tert-OH is 1. The molecule has 0 amide bonds. The molecule has 0 heterocycles. The fraction of sp³-hybridized carbons (Fsp3) is 0.571. The first-order chi connectivity index (χ1) is 9.52. The van der Waals surface area contributed by atoms with Gasteiger partial charge in [-0.25, -0.2) is 4.57 Å². The number of phosphoric acid groups is 1. The maximum atomic E-state index is 11.0. The average Bonchev–Trinajstić information content (AvgIpc) is 2.33. The number of nitrogens with one attached hydrogen (secondary N) is 1. The monoisotopic (exact) mass is 317 g/mol. The maximum Gasteiger partial charge on any atom is 0.524 e. The number of benzene rings is 1. The lowest BCUT2D eigenvalue weighted by Crippen LogP contribution is -2.38. The zero-order valence-corrected chi connectivity index (χ0v) is 13.7. The molecule has 0 spiro atoms. The third kappa shape index (κ3) is 6.59. The molecule has 0 aliphatic rings. The van der Waals surface area contributed by atoms with Crippen molar-refractivity contribution >= 4 is 7.82 Å². The van der Waals surface area contributed by atoms with Crippen LogP contribution in [0.25, 0.3) is 0 Å². The van der Waals surface area contributed by atoms with E-state index in [2.05, 4.69) is 5.32 Å². The van der Waals surface area contributed by atoms with Crippen LogP contribution in [0.15, 0.2) is 18.2 Å². The third-order valence-corrected chi connectivity index (χ3v) is 3.33. The first-order valence-corrected chi connectivity index (χ1v) is 8.36. The van der Waals surface area contributed by atoms with Gasteiger partial charge in [0.2, 0.25) is 0 Å². The Bertz CT molecular complexity index is 521. The number of hydrogen-bond acceptors (Lipinski definition) is 4. The normalized spacial score (nSPS) is 14.0.